The first-order valence-corrected chi connectivity index (χ1v) is 5.24. The van der Waals surface area contributed by atoms with E-state index >= 15 is 0 Å². The van der Waals surface area contributed by atoms with Crippen molar-refractivity contribution < 1.29 is 9.90 Å². The molecule has 2 aromatic rings. The molecule has 0 aliphatic heterocycles. The molecule has 0 bridgehead atoms. The summed E-state index contributed by atoms with van der Waals surface area (Å²) < 4.78 is 1.64. The highest BCUT2D eigenvalue weighted by Gasteiger charge is 2.05. The number of carboxylic acids is 1. The van der Waals surface area contributed by atoms with E-state index in [0.717, 1.165) is 12.0 Å². The molecule has 0 radical (unpaired) electrons. The molecule has 6 nitrogen and oxygen atoms in total. The maximum absolute atomic E-state index is 10.5. The van der Waals surface area contributed by atoms with Gasteiger partial charge in [-0.2, -0.15) is 0 Å². The molecule has 2 rings (SSSR count). The van der Waals surface area contributed by atoms with Gasteiger partial charge < -0.3 is 5.11 Å². The average Bonchev–Trinajstić information content (AvgIpc) is 2.75. The van der Waals surface area contributed by atoms with Gasteiger partial charge in [0.2, 0.25) is 0 Å². The highest BCUT2D eigenvalue weighted by atomic mass is 16.4. The van der Waals surface area contributed by atoms with E-state index in [1.54, 1.807) is 23.3 Å². The van der Waals surface area contributed by atoms with Gasteiger partial charge in [-0.05, 0) is 18.1 Å². The van der Waals surface area contributed by atoms with Gasteiger partial charge >= 0.3 is 5.97 Å². The smallest absolute Gasteiger partial charge is 0.309 e. The first-order chi connectivity index (χ1) is 8.24. The molecule has 1 N–H and O–H groups in total. The molecule has 2 heterocycles. The first kappa shape index (κ1) is 11.3. The van der Waals surface area contributed by atoms with Crippen LogP contribution in [0.3, 0.4) is 0 Å². The fourth-order valence-electron chi connectivity index (χ4n) is 1.47. The van der Waals surface area contributed by atoms with Crippen molar-refractivity contribution in [2.45, 2.75) is 19.4 Å². The molecule has 0 spiro atoms. The molecule has 0 unspecified atom stereocenters. The zero-order valence-electron chi connectivity index (χ0n) is 9.15. The Hall–Kier alpha value is -2.24. The van der Waals surface area contributed by atoms with Crippen molar-refractivity contribution in [1.82, 2.24) is 20.0 Å². The lowest BCUT2D eigenvalue weighted by atomic mass is 10.2. The Balaban J connectivity index is 1.91. The number of nitrogens with zero attached hydrogens (tertiary/aromatic N) is 4. The van der Waals surface area contributed by atoms with E-state index in [-0.39, 0.29) is 6.42 Å². The summed E-state index contributed by atoms with van der Waals surface area (Å²) in [5, 5.41) is 16.3. The van der Waals surface area contributed by atoms with Crippen LogP contribution in [0.2, 0.25) is 0 Å². The molecule has 6 heteroatoms. The Morgan fingerprint density at radius 2 is 2.35 bits per heavy atom. The van der Waals surface area contributed by atoms with Crippen LogP contribution in [-0.4, -0.2) is 31.1 Å². The number of aromatic nitrogens is 4. The number of aryl methyl sites for hydroxylation is 2. The van der Waals surface area contributed by atoms with Crippen molar-refractivity contribution in [2.75, 3.05) is 0 Å². The molecule has 0 amide bonds. The van der Waals surface area contributed by atoms with E-state index in [0.29, 0.717) is 12.2 Å². The van der Waals surface area contributed by atoms with E-state index in [1.165, 1.54) is 0 Å². The molecule has 0 aliphatic rings. The summed E-state index contributed by atoms with van der Waals surface area (Å²) in [6, 6.07) is 3.87. The molecule has 0 aliphatic carbocycles. The van der Waals surface area contributed by atoms with Gasteiger partial charge in [0.1, 0.15) is 0 Å². The van der Waals surface area contributed by atoms with Gasteiger partial charge in [0.25, 0.3) is 0 Å². The third-order valence-electron chi connectivity index (χ3n) is 2.27. The fraction of sp³-hybridized carbons (Fsp3) is 0.273. The van der Waals surface area contributed by atoms with Crippen LogP contribution in [0.25, 0.3) is 0 Å². The van der Waals surface area contributed by atoms with Crippen molar-refractivity contribution in [3.63, 3.8) is 0 Å². The van der Waals surface area contributed by atoms with Gasteiger partial charge in [-0.25, -0.2) is 0 Å². The van der Waals surface area contributed by atoms with Crippen LogP contribution in [0.15, 0.2) is 30.7 Å². The topological polar surface area (TPSA) is 80.9 Å². The van der Waals surface area contributed by atoms with Crippen LogP contribution in [0.5, 0.6) is 0 Å². The number of hydrogen-bond donors (Lipinski definition) is 1. The molecule has 2 aromatic heterocycles. The predicted octanol–water partition coefficient (Wildman–Crippen LogP) is 0.543. The predicted molar refractivity (Wildman–Crippen MR) is 59.3 cm³/mol. The lowest BCUT2D eigenvalue weighted by molar-refractivity contribution is -0.136. The summed E-state index contributed by atoms with van der Waals surface area (Å²) in [6.45, 7) is 0.665. The summed E-state index contributed by atoms with van der Waals surface area (Å²) in [7, 11) is 0. The first-order valence-electron chi connectivity index (χ1n) is 5.24. The molecular weight excluding hydrogens is 220 g/mol. The lowest BCUT2D eigenvalue weighted by Crippen LogP contribution is -2.02. The van der Waals surface area contributed by atoms with Crippen LogP contribution in [-0.2, 0) is 24.2 Å². The van der Waals surface area contributed by atoms with Gasteiger partial charge in [0, 0.05) is 25.1 Å². The summed E-state index contributed by atoms with van der Waals surface area (Å²) in [5.74, 6) is -0.899. The maximum Gasteiger partial charge on any atom is 0.309 e. The lowest BCUT2D eigenvalue weighted by Gasteiger charge is -1.99. The minimum atomic E-state index is -0.899. The van der Waals surface area contributed by atoms with Crippen molar-refractivity contribution in [3.05, 3.63) is 42.0 Å². The van der Waals surface area contributed by atoms with E-state index in [9.17, 15) is 4.79 Å². The van der Waals surface area contributed by atoms with Gasteiger partial charge in [-0.15, -0.1) is 5.10 Å². The van der Waals surface area contributed by atoms with E-state index in [4.69, 9.17) is 5.11 Å². The summed E-state index contributed by atoms with van der Waals surface area (Å²) in [4.78, 5) is 14.5. The van der Waals surface area contributed by atoms with Gasteiger partial charge in [-0.3, -0.25) is 14.5 Å². The van der Waals surface area contributed by atoms with E-state index in [1.807, 2.05) is 12.1 Å². The van der Waals surface area contributed by atoms with Gasteiger partial charge in [-0.1, -0.05) is 11.3 Å². The van der Waals surface area contributed by atoms with Crippen molar-refractivity contribution in [1.29, 1.82) is 0 Å². The summed E-state index contributed by atoms with van der Waals surface area (Å²) in [5.41, 5.74) is 1.59. The molecule has 0 fully saturated rings. The van der Waals surface area contributed by atoms with Crippen LogP contribution < -0.4 is 0 Å². The van der Waals surface area contributed by atoms with Crippen LogP contribution in [0.1, 0.15) is 11.3 Å². The number of hydrogen-bond acceptors (Lipinski definition) is 4. The van der Waals surface area contributed by atoms with Gasteiger partial charge in [0.05, 0.1) is 12.1 Å². The maximum atomic E-state index is 10.5. The highest BCUT2D eigenvalue weighted by Crippen LogP contribution is 2.00. The Labute approximate surface area is 97.9 Å². The average molecular weight is 232 g/mol. The number of rotatable bonds is 5. The SMILES string of the molecule is O=C(O)Cc1cn(CCc2cccnc2)nn1. The number of pyridine rings is 1. The zero-order valence-corrected chi connectivity index (χ0v) is 9.15. The molecular formula is C11H12N4O2. The molecule has 0 aromatic carbocycles. The minimum absolute atomic E-state index is 0.0904. The van der Waals surface area contributed by atoms with Gasteiger partial charge in [0.15, 0.2) is 0 Å². The Bertz CT molecular complexity index is 495. The third-order valence-corrected chi connectivity index (χ3v) is 2.27. The zero-order chi connectivity index (χ0) is 12.1. The second-order valence-corrected chi connectivity index (χ2v) is 3.65. The molecule has 0 saturated carbocycles. The largest absolute Gasteiger partial charge is 0.481 e. The monoisotopic (exact) mass is 232 g/mol. The van der Waals surface area contributed by atoms with Crippen molar-refractivity contribution in [3.8, 4) is 0 Å². The second kappa shape index (κ2) is 5.20. The van der Waals surface area contributed by atoms with Crippen LogP contribution in [0, 0.1) is 0 Å². The highest BCUT2D eigenvalue weighted by molar-refractivity contribution is 5.69. The van der Waals surface area contributed by atoms with Crippen LogP contribution in [0.4, 0.5) is 0 Å². The summed E-state index contributed by atoms with van der Waals surface area (Å²) in [6.07, 6.45) is 5.89. The quantitative estimate of drug-likeness (QED) is 0.813. The Morgan fingerprint density at radius 1 is 1.47 bits per heavy atom. The normalized spacial score (nSPS) is 10.4. The molecule has 0 saturated heterocycles. The van der Waals surface area contributed by atoms with Crippen molar-refractivity contribution in [2.24, 2.45) is 0 Å². The fourth-order valence-corrected chi connectivity index (χ4v) is 1.47. The second-order valence-electron chi connectivity index (χ2n) is 3.65. The Kier molecular flexibility index (Phi) is 3.44. The number of carbonyl (C=O) groups is 1. The Morgan fingerprint density at radius 3 is 3.06 bits per heavy atom. The molecule has 0 atom stereocenters. The third kappa shape index (κ3) is 3.37. The standard InChI is InChI=1S/C11H12N4O2/c16-11(17)6-10-8-15(14-13-10)5-3-9-2-1-4-12-7-9/h1-2,4,7-8H,3,5-6H2,(H,16,17). The molecule has 17 heavy (non-hydrogen) atoms. The van der Waals surface area contributed by atoms with E-state index in [2.05, 4.69) is 15.3 Å². The van der Waals surface area contributed by atoms with Crippen LogP contribution >= 0.6 is 0 Å². The number of carboxylic acid groups (broad SMARTS) is 1. The summed E-state index contributed by atoms with van der Waals surface area (Å²) >= 11 is 0. The number of aliphatic carboxylic acids is 1. The minimum Gasteiger partial charge on any atom is -0.481 e. The molecule has 88 valence electrons. The van der Waals surface area contributed by atoms with E-state index < -0.39 is 5.97 Å². The van der Waals surface area contributed by atoms with Crippen molar-refractivity contribution >= 4 is 5.97 Å².